The first-order chi connectivity index (χ1) is 9.11. The van der Waals surface area contributed by atoms with E-state index in [1.807, 2.05) is 37.3 Å². The first-order valence-corrected chi connectivity index (χ1v) is 6.78. The molecule has 0 aliphatic rings. The van der Waals surface area contributed by atoms with Gasteiger partial charge < -0.3 is 15.8 Å². The van der Waals surface area contributed by atoms with Crippen molar-refractivity contribution in [1.29, 1.82) is 0 Å². The first-order valence-electron chi connectivity index (χ1n) is 6.37. The summed E-state index contributed by atoms with van der Waals surface area (Å²) in [5.41, 5.74) is 5.48. The summed E-state index contributed by atoms with van der Waals surface area (Å²) in [6.45, 7) is 2.35. The van der Waals surface area contributed by atoms with E-state index in [-0.39, 0.29) is 11.9 Å². The number of rotatable bonds is 8. The molecule has 0 aromatic heterocycles. The van der Waals surface area contributed by atoms with Gasteiger partial charge in [0.1, 0.15) is 5.75 Å². The van der Waals surface area contributed by atoms with Crippen LogP contribution in [0.4, 0.5) is 0 Å². The molecule has 0 radical (unpaired) electrons. The highest BCUT2D eigenvalue weighted by molar-refractivity contribution is 7.80. The molecular weight excluding hydrogens is 260 g/mol. The van der Waals surface area contributed by atoms with Crippen LogP contribution in [0.25, 0.3) is 0 Å². The van der Waals surface area contributed by atoms with Crippen molar-refractivity contribution in [3.8, 4) is 5.75 Å². The molecule has 1 rings (SSSR count). The molecule has 19 heavy (non-hydrogen) atoms. The minimum Gasteiger partial charge on any atom is -0.493 e. The van der Waals surface area contributed by atoms with E-state index >= 15 is 0 Å². The fourth-order valence-corrected chi connectivity index (χ4v) is 1.82. The highest BCUT2D eigenvalue weighted by Gasteiger charge is 2.11. The highest BCUT2D eigenvalue weighted by Crippen LogP contribution is 2.08. The largest absolute Gasteiger partial charge is 0.493 e. The summed E-state index contributed by atoms with van der Waals surface area (Å²) in [7, 11) is 0. The van der Waals surface area contributed by atoms with Gasteiger partial charge >= 0.3 is 0 Å². The van der Waals surface area contributed by atoms with Crippen molar-refractivity contribution in [2.75, 3.05) is 6.61 Å². The molecule has 0 saturated carbocycles. The van der Waals surface area contributed by atoms with Crippen molar-refractivity contribution < 1.29 is 9.53 Å². The summed E-state index contributed by atoms with van der Waals surface area (Å²) in [4.78, 5) is 12.1. The second-order valence-electron chi connectivity index (χ2n) is 4.25. The third-order valence-corrected chi connectivity index (χ3v) is 2.81. The Bertz CT molecular complexity index is 409. The zero-order valence-corrected chi connectivity index (χ0v) is 11.9. The molecule has 0 aliphatic heterocycles. The number of nitrogens with one attached hydrogen (secondary N) is 1. The number of hydrogen-bond donors (Lipinski definition) is 2. The molecule has 1 amide bonds. The Labute approximate surface area is 119 Å². The van der Waals surface area contributed by atoms with Gasteiger partial charge in [-0.15, -0.1) is 0 Å². The second-order valence-corrected chi connectivity index (χ2v) is 4.78. The summed E-state index contributed by atoms with van der Waals surface area (Å²) in [6, 6.07) is 9.44. The average molecular weight is 280 g/mol. The van der Waals surface area contributed by atoms with Gasteiger partial charge in [0.05, 0.1) is 18.0 Å². The average Bonchev–Trinajstić information content (AvgIpc) is 2.38. The van der Waals surface area contributed by atoms with Crippen LogP contribution in [0.5, 0.6) is 5.75 Å². The number of para-hydroxylation sites is 1. The summed E-state index contributed by atoms with van der Waals surface area (Å²) in [5, 5.41) is 2.90. The Balaban J connectivity index is 2.25. The molecule has 0 aliphatic carbocycles. The van der Waals surface area contributed by atoms with Crippen molar-refractivity contribution in [1.82, 2.24) is 5.32 Å². The second kappa shape index (κ2) is 8.48. The summed E-state index contributed by atoms with van der Waals surface area (Å²) < 4.78 is 5.46. The number of benzene rings is 1. The minimum atomic E-state index is -0.0426. The molecule has 104 valence electrons. The fraction of sp³-hybridized carbons (Fsp3) is 0.429. The Hall–Kier alpha value is -1.62. The molecule has 4 nitrogen and oxygen atoms in total. The maximum Gasteiger partial charge on any atom is 0.223 e. The van der Waals surface area contributed by atoms with Gasteiger partial charge in [-0.1, -0.05) is 37.3 Å². The summed E-state index contributed by atoms with van der Waals surface area (Å²) in [6.07, 6.45) is 1.67. The monoisotopic (exact) mass is 280 g/mol. The highest BCUT2D eigenvalue weighted by atomic mass is 32.1. The van der Waals surface area contributed by atoms with Gasteiger partial charge in [0.2, 0.25) is 5.91 Å². The van der Waals surface area contributed by atoms with Crippen LogP contribution in [0.1, 0.15) is 26.2 Å². The molecule has 0 fully saturated rings. The van der Waals surface area contributed by atoms with E-state index in [0.717, 1.165) is 12.2 Å². The van der Waals surface area contributed by atoms with Gasteiger partial charge in [-0.2, -0.15) is 0 Å². The topological polar surface area (TPSA) is 64.3 Å². The minimum absolute atomic E-state index is 0.0155. The molecule has 0 bridgehead atoms. The predicted octanol–water partition coefficient (Wildman–Crippen LogP) is 2.03. The Kier molecular flexibility index (Phi) is 6.89. The van der Waals surface area contributed by atoms with Crippen LogP contribution in [0.2, 0.25) is 0 Å². The molecule has 0 heterocycles. The Morgan fingerprint density at radius 1 is 1.42 bits per heavy atom. The van der Waals surface area contributed by atoms with Gasteiger partial charge in [0, 0.05) is 12.5 Å². The van der Waals surface area contributed by atoms with Crippen molar-refractivity contribution in [3.63, 3.8) is 0 Å². The van der Waals surface area contributed by atoms with Crippen LogP contribution in [-0.4, -0.2) is 23.5 Å². The Morgan fingerprint density at radius 2 is 2.11 bits per heavy atom. The van der Waals surface area contributed by atoms with Gasteiger partial charge in [-0.3, -0.25) is 4.79 Å². The van der Waals surface area contributed by atoms with Gasteiger partial charge in [0.15, 0.2) is 0 Å². The van der Waals surface area contributed by atoms with E-state index in [9.17, 15) is 4.79 Å². The van der Waals surface area contributed by atoms with Crippen molar-refractivity contribution in [2.45, 2.75) is 32.2 Å². The number of ether oxygens (including phenoxy) is 1. The van der Waals surface area contributed by atoms with Gasteiger partial charge in [-0.05, 0) is 18.6 Å². The molecule has 1 atom stereocenters. The third-order valence-electron chi connectivity index (χ3n) is 2.65. The summed E-state index contributed by atoms with van der Waals surface area (Å²) in [5.74, 6) is 0.726. The lowest BCUT2D eigenvalue weighted by Gasteiger charge is -2.16. The number of amides is 1. The molecule has 1 aromatic rings. The molecule has 3 N–H and O–H groups in total. The zero-order chi connectivity index (χ0) is 14.1. The fourth-order valence-electron chi connectivity index (χ4n) is 1.62. The molecule has 1 aromatic carbocycles. The van der Waals surface area contributed by atoms with Crippen molar-refractivity contribution in [3.05, 3.63) is 30.3 Å². The zero-order valence-electron chi connectivity index (χ0n) is 11.1. The lowest BCUT2D eigenvalue weighted by atomic mass is 10.1. The number of carbonyl (C=O) groups excluding carboxylic acids is 1. The molecule has 1 unspecified atom stereocenters. The smallest absolute Gasteiger partial charge is 0.223 e. The van der Waals surface area contributed by atoms with Gasteiger partial charge in [-0.25, -0.2) is 0 Å². The third kappa shape index (κ3) is 6.76. The van der Waals surface area contributed by atoms with Crippen LogP contribution in [0.15, 0.2) is 30.3 Å². The van der Waals surface area contributed by atoms with E-state index in [2.05, 4.69) is 5.32 Å². The standard InChI is InChI=1S/C14H20N2O2S/c1-2-11(10-13(15)19)16-14(17)8-9-18-12-6-4-3-5-7-12/h3-7,11H,2,8-10H2,1H3,(H2,15,19)(H,16,17). The number of thiocarbonyl (C=S) groups is 1. The van der Waals surface area contributed by atoms with Crippen LogP contribution in [-0.2, 0) is 4.79 Å². The Morgan fingerprint density at radius 3 is 2.68 bits per heavy atom. The number of nitrogens with two attached hydrogens (primary N) is 1. The van der Waals surface area contributed by atoms with Crippen LogP contribution >= 0.6 is 12.2 Å². The molecule has 0 spiro atoms. The van der Waals surface area contributed by atoms with Crippen molar-refractivity contribution >= 4 is 23.1 Å². The lowest BCUT2D eigenvalue weighted by Crippen LogP contribution is -2.37. The normalized spacial score (nSPS) is 11.6. The predicted molar refractivity (Wildman–Crippen MR) is 80.2 cm³/mol. The summed E-state index contributed by atoms with van der Waals surface area (Å²) >= 11 is 4.84. The molecular formula is C14H20N2O2S. The SMILES string of the molecule is CCC(CC(N)=S)NC(=O)CCOc1ccccc1. The van der Waals surface area contributed by atoms with E-state index in [1.54, 1.807) is 0 Å². The van der Waals surface area contributed by atoms with E-state index < -0.39 is 0 Å². The quantitative estimate of drug-likeness (QED) is 0.715. The molecule has 0 saturated heterocycles. The van der Waals surface area contributed by atoms with Crippen LogP contribution in [0, 0.1) is 0 Å². The number of carbonyl (C=O) groups is 1. The van der Waals surface area contributed by atoms with Crippen molar-refractivity contribution in [2.24, 2.45) is 5.73 Å². The van der Waals surface area contributed by atoms with E-state index in [0.29, 0.717) is 24.4 Å². The first kappa shape index (κ1) is 15.4. The van der Waals surface area contributed by atoms with Gasteiger partial charge in [0.25, 0.3) is 0 Å². The maximum atomic E-state index is 11.7. The van der Waals surface area contributed by atoms with E-state index in [1.165, 1.54) is 0 Å². The lowest BCUT2D eigenvalue weighted by molar-refractivity contribution is -0.122. The maximum absolute atomic E-state index is 11.7. The van der Waals surface area contributed by atoms with Crippen LogP contribution in [0.3, 0.4) is 0 Å². The van der Waals surface area contributed by atoms with Crippen LogP contribution < -0.4 is 15.8 Å². The van der Waals surface area contributed by atoms with E-state index in [4.69, 9.17) is 22.7 Å². The number of hydrogen-bond acceptors (Lipinski definition) is 3. The molecule has 5 heteroatoms.